The number of morpholine rings is 1. The topological polar surface area (TPSA) is 33.7 Å². The molecule has 0 aromatic rings. The minimum Gasteiger partial charge on any atom is -0.375 e. The van der Waals surface area contributed by atoms with Gasteiger partial charge in [0.15, 0.2) is 0 Å². The molecule has 0 aromatic heterocycles. The summed E-state index contributed by atoms with van der Waals surface area (Å²) in [5.41, 5.74) is 0. The van der Waals surface area contributed by atoms with Crippen molar-refractivity contribution in [2.75, 3.05) is 26.2 Å². The van der Waals surface area contributed by atoms with Crippen LogP contribution in [0.4, 0.5) is 0 Å². The van der Waals surface area contributed by atoms with Crippen LogP contribution in [0.2, 0.25) is 0 Å². The fourth-order valence-corrected chi connectivity index (χ4v) is 3.93. The van der Waals surface area contributed by atoms with Gasteiger partial charge in [-0.1, -0.05) is 13.8 Å². The molecule has 0 aromatic carbocycles. The van der Waals surface area contributed by atoms with Crippen LogP contribution in [0.15, 0.2) is 0 Å². The first-order valence-corrected chi connectivity index (χ1v) is 8.47. The van der Waals surface area contributed by atoms with Gasteiger partial charge in [-0.3, -0.25) is 4.90 Å². The average molecular weight is 282 g/mol. The molecule has 1 aliphatic carbocycles. The molecule has 0 amide bonds. The van der Waals surface area contributed by atoms with Gasteiger partial charge in [-0.05, 0) is 32.1 Å². The third kappa shape index (κ3) is 3.53. The predicted octanol–water partition coefficient (Wildman–Crippen LogP) is 1.79. The van der Waals surface area contributed by atoms with Gasteiger partial charge in [-0.15, -0.1) is 0 Å². The summed E-state index contributed by atoms with van der Waals surface area (Å²) in [6, 6.07) is 1.22. The molecule has 20 heavy (non-hydrogen) atoms. The summed E-state index contributed by atoms with van der Waals surface area (Å²) in [6.07, 6.45) is 7.70. The third-order valence-corrected chi connectivity index (χ3v) is 4.98. The average Bonchev–Trinajstić information content (AvgIpc) is 3.05. The van der Waals surface area contributed by atoms with Crippen molar-refractivity contribution in [3.05, 3.63) is 0 Å². The molecular weight excluding hydrogens is 252 g/mol. The van der Waals surface area contributed by atoms with E-state index in [4.69, 9.17) is 9.47 Å². The van der Waals surface area contributed by atoms with E-state index >= 15 is 0 Å². The Morgan fingerprint density at radius 1 is 1.15 bits per heavy atom. The standard InChI is InChI=1S/C16H30N2O2/c1-12(2)17-10-13-6-7-14(20-13)11-18-8-9-19-16-5-3-4-15(16)18/h12-17H,3-11H2,1-2H3. The van der Waals surface area contributed by atoms with Crippen LogP contribution in [-0.4, -0.2) is 61.5 Å². The minimum atomic E-state index is 0.419. The van der Waals surface area contributed by atoms with E-state index in [9.17, 15) is 0 Å². The van der Waals surface area contributed by atoms with Crippen molar-refractivity contribution in [2.24, 2.45) is 0 Å². The van der Waals surface area contributed by atoms with Crippen LogP contribution >= 0.6 is 0 Å². The Hall–Kier alpha value is -0.160. The minimum absolute atomic E-state index is 0.419. The Bertz CT molecular complexity index is 311. The molecule has 4 nitrogen and oxygen atoms in total. The number of fused-ring (bicyclic) bond motifs is 1. The van der Waals surface area contributed by atoms with Gasteiger partial charge in [0.05, 0.1) is 24.9 Å². The van der Waals surface area contributed by atoms with Gasteiger partial charge in [-0.2, -0.15) is 0 Å². The predicted molar refractivity (Wildman–Crippen MR) is 80.0 cm³/mol. The highest BCUT2D eigenvalue weighted by molar-refractivity contribution is 4.91. The highest BCUT2D eigenvalue weighted by Gasteiger charge is 2.38. The van der Waals surface area contributed by atoms with E-state index in [1.807, 2.05) is 0 Å². The molecule has 0 spiro atoms. The molecule has 3 aliphatic rings. The highest BCUT2D eigenvalue weighted by atomic mass is 16.5. The highest BCUT2D eigenvalue weighted by Crippen LogP contribution is 2.31. The lowest BCUT2D eigenvalue weighted by Gasteiger charge is -2.38. The quantitative estimate of drug-likeness (QED) is 0.833. The van der Waals surface area contributed by atoms with Gasteiger partial charge in [0.1, 0.15) is 0 Å². The fraction of sp³-hybridized carbons (Fsp3) is 1.00. The molecule has 2 heterocycles. The molecule has 3 fully saturated rings. The van der Waals surface area contributed by atoms with Crippen molar-refractivity contribution in [2.45, 2.75) is 76.3 Å². The van der Waals surface area contributed by atoms with Crippen molar-refractivity contribution in [1.29, 1.82) is 0 Å². The maximum atomic E-state index is 6.22. The van der Waals surface area contributed by atoms with Crippen molar-refractivity contribution < 1.29 is 9.47 Å². The zero-order valence-electron chi connectivity index (χ0n) is 13.0. The number of nitrogens with zero attached hydrogens (tertiary/aromatic N) is 1. The molecule has 0 radical (unpaired) electrons. The summed E-state index contributed by atoms with van der Waals surface area (Å²) in [7, 11) is 0. The van der Waals surface area contributed by atoms with Crippen LogP contribution in [0.5, 0.6) is 0 Å². The number of ether oxygens (including phenoxy) is 2. The van der Waals surface area contributed by atoms with Gasteiger partial charge in [0.25, 0.3) is 0 Å². The normalized spacial score (nSPS) is 38.5. The van der Waals surface area contributed by atoms with E-state index in [1.165, 1.54) is 32.1 Å². The van der Waals surface area contributed by atoms with E-state index in [0.29, 0.717) is 30.4 Å². The van der Waals surface area contributed by atoms with E-state index < -0.39 is 0 Å². The van der Waals surface area contributed by atoms with Crippen LogP contribution in [0.25, 0.3) is 0 Å². The van der Waals surface area contributed by atoms with E-state index in [-0.39, 0.29) is 0 Å². The van der Waals surface area contributed by atoms with Crippen LogP contribution in [-0.2, 0) is 9.47 Å². The Morgan fingerprint density at radius 3 is 2.85 bits per heavy atom. The second kappa shape index (κ2) is 6.73. The summed E-state index contributed by atoms with van der Waals surface area (Å²) < 4.78 is 12.1. The van der Waals surface area contributed by atoms with Crippen LogP contribution in [0, 0.1) is 0 Å². The maximum absolute atomic E-state index is 6.22. The number of nitrogens with one attached hydrogen (secondary N) is 1. The molecule has 4 atom stereocenters. The summed E-state index contributed by atoms with van der Waals surface area (Å²) >= 11 is 0. The Labute approximate surface area is 123 Å². The molecule has 1 saturated carbocycles. The Balaban J connectivity index is 1.44. The fourth-order valence-electron chi connectivity index (χ4n) is 3.93. The van der Waals surface area contributed by atoms with Gasteiger partial charge in [0, 0.05) is 31.7 Å². The Kier molecular flexibility index (Phi) is 4.97. The van der Waals surface area contributed by atoms with Gasteiger partial charge in [0.2, 0.25) is 0 Å². The SMILES string of the molecule is CC(C)NCC1CCC(CN2CCOC3CCCC32)O1. The first-order valence-electron chi connectivity index (χ1n) is 8.47. The van der Waals surface area contributed by atoms with Gasteiger partial charge in [-0.25, -0.2) is 0 Å². The van der Waals surface area contributed by atoms with Crippen LogP contribution in [0.3, 0.4) is 0 Å². The zero-order chi connectivity index (χ0) is 13.9. The molecule has 1 N–H and O–H groups in total. The van der Waals surface area contributed by atoms with Crippen molar-refractivity contribution in [1.82, 2.24) is 10.2 Å². The van der Waals surface area contributed by atoms with E-state index in [0.717, 1.165) is 26.2 Å². The molecule has 4 unspecified atom stereocenters. The molecule has 4 heteroatoms. The zero-order valence-corrected chi connectivity index (χ0v) is 13.0. The summed E-state index contributed by atoms with van der Waals surface area (Å²) in [5.74, 6) is 0. The molecular formula is C16H30N2O2. The van der Waals surface area contributed by atoms with Crippen molar-refractivity contribution in [3.63, 3.8) is 0 Å². The van der Waals surface area contributed by atoms with E-state index in [2.05, 4.69) is 24.1 Å². The lowest BCUT2D eigenvalue weighted by molar-refractivity contribution is -0.0739. The maximum Gasteiger partial charge on any atom is 0.0730 e. The largest absolute Gasteiger partial charge is 0.375 e. The smallest absolute Gasteiger partial charge is 0.0730 e. The van der Waals surface area contributed by atoms with Gasteiger partial charge >= 0.3 is 0 Å². The lowest BCUT2D eigenvalue weighted by Crippen LogP contribution is -2.51. The summed E-state index contributed by atoms with van der Waals surface area (Å²) in [4.78, 5) is 2.64. The molecule has 116 valence electrons. The second-order valence-corrected chi connectivity index (χ2v) is 6.92. The summed E-state index contributed by atoms with van der Waals surface area (Å²) in [6.45, 7) is 8.51. The Morgan fingerprint density at radius 2 is 2.00 bits per heavy atom. The van der Waals surface area contributed by atoms with Crippen LogP contribution in [0.1, 0.15) is 46.0 Å². The first-order chi connectivity index (χ1) is 9.72. The second-order valence-electron chi connectivity index (χ2n) is 6.92. The summed E-state index contributed by atoms with van der Waals surface area (Å²) in [5, 5.41) is 3.49. The lowest BCUT2D eigenvalue weighted by atomic mass is 10.1. The van der Waals surface area contributed by atoms with Crippen LogP contribution < -0.4 is 5.32 Å². The van der Waals surface area contributed by atoms with E-state index in [1.54, 1.807) is 0 Å². The number of hydrogen-bond donors (Lipinski definition) is 1. The molecule has 0 bridgehead atoms. The third-order valence-electron chi connectivity index (χ3n) is 4.98. The monoisotopic (exact) mass is 282 g/mol. The number of rotatable bonds is 5. The molecule has 2 aliphatic heterocycles. The van der Waals surface area contributed by atoms with Crippen molar-refractivity contribution >= 4 is 0 Å². The molecule has 3 rings (SSSR count). The first kappa shape index (κ1) is 14.8. The molecule has 2 saturated heterocycles. The van der Waals surface area contributed by atoms with Crippen molar-refractivity contribution in [3.8, 4) is 0 Å². The number of hydrogen-bond acceptors (Lipinski definition) is 4. The van der Waals surface area contributed by atoms with Gasteiger partial charge < -0.3 is 14.8 Å².